The lowest BCUT2D eigenvalue weighted by Gasteiger charge is -2.39. The Kier molecular flexibility index (Phi) is 6.48. The molecule has 0 spiro atoms. The highest BCUT2D eigenvalue weighted by atomic mass is 35.5. The summed E-state index contributed by atoms with van der Waals surface area (Å²) in [5.74, 6) is 0.123. The van der Waals surface area contributed by atoms with Gasteiger partial charge in [0.1, 0.15) is 18.0 Å². The third kappa shape index (κ3) is 4.27. The first-order valence-electron chi connectivity index (χ1n) is 12.1. The zero-order valence-electron chi connectivity index (χ0n) is 19.5. The Bertz CT molecular complexity index is 1080. The van der Waals surface area contributed by atoms with Crippen LogP contribution in [0.1, 0.15) is 67.9 Å². The highest BCUT2D eigenvalue weighted by molar-refractivity contribution is 6.30. The number of nitrogens with zero attached hydrogens (tertiary/aromatic N) is 4. The SMILES string of the molecule is CC1CC[C@@H]([C@@H](C(=O)N2CCN(c3ncnc4c3[C@H](C)C[C@H]4O)CC2)c2ccc(Cl)c(F)c2)N1. The molecule has 2 aliphatic heterocycles. The summed E-state index contributed by atoms with van der Waals surface area (Å²) < 4.78 is 14.3. The van der Waals surface area contributed by atoms with E-state index < -0.39 is 17.8 Å². The van der Waals surface area contributed by atoms with Crippen molar-refractivity contribution in [3.8, 4) is 0 Å². The van der Waals surface area contributed by atoms with Gasteiger partial charge in [-0.3, -0.25) is 4.79 Å². The van der Waals surface area contributed by atoms with Gasteiger partial charge in [-0.1, -0.05) is 24.6 Å². The van der Waals surface area contributed by atoms with Crippen LogP contribution in [0.4, 0.5) is 10.2 Å². The molecule has 2 fully saturated rings. The van der Waals surface area contributed by atoms with Crippen LogP contribution in [-0.2, 0) is 4.79 Å². The van der Waals surface area contributed by atoms with E-state index in [4.69, 9.17) is 11.6 Å². The number of hydrogen-bond acceptors (Lipinski definition) is 6. The first-order chi connectivity index (χ1) is 16.3. The van der Waals surface area contributed by atoms with Crippen molar-refractivity contribution in [2.45, 2.75) is 63.1 Å². The average molecular weight is 488 g/mol. The number of carbonyl (C=O) groups excluding carboxylic acids is 1. The van der Waals surface area contributed by atoms with Gasteiger partial charge in [0, 0.05) is 43.8 Å². The molecule has 2 aromatic rings. The molecule has 2 N–H and O–H groups in total. The van der Waals surface area contributed by atoms with Crippen LogP contribution in [0.15, 0.2) is 24.5 Å². The highest BCUT2D eigenvalue weighted by Gasteiger charge is 2.39. The Morgan fingerprint density at radius 3 is 2.65 bits per heavy atom. The standard InChI is InChI=1S/C25H31ClFN5O2/c1-14-11-20(33)23-21(14)24(29-13-28-23)31-7-9-32(10-8-31)25(34)22(19-6-3-15(2)30-19)16-4-5-17(26)18(27)12-16/h4-5,12-15,19-20,22,30,33H,3,6-11H2,1-2H3/t14-,15?,19+,20-,22+/m1/s1. The Morgan fingerprint density at radius 2 is 1.97 bits per heavy atom. The van der Waals surface area contributed by atoms with Crippen molar-refractivity contribution < 1.29 is 14.3 Å². The number of amides is 1. The predicted molar refractivity (Wildman–Crippen MR) is 129 cm³/mol. The number of nitrogens with one attached hydrogen (secondary N) is 1. The molecule has 1 unspecified atom stereocenters. The van der Waals surface area contributed by atoms with E-state index in [0.717, 1.165) is 29.9 Å². The first kappa shape index (κ1) is 23.5. The van der Waals surface area contributed by atoms with Gasteiger partial charge < -0.3 is 20.2 Å². The van der Waals surface area contributed by atoms with Crippen molar-refractivity contribution in [3.63, 3.8) is 0 Å². The summed E-state index contributed by atoms with van der Waals surface area (Å²) >= 11 is 5.91. The Morgan fingerprint density at radius 1 is 1.21 bits per heavy atom. The van der Waals surface area contributed by atoms with Crippen LogP contribution in [-0.4, -0.2) is 64.1 Å². The predicted octanol–water partition coefficient (Wildman–Crippen LogP) is 3.38. The lowest BCUT2D eigenvalue weighted by molar-refractivity contribution is -0.133. The average Bonchev–Trinajstić information content (AvgIpc) is 3.38. The quantitative estimate of drug-likeness (QED) is 0.688. The summed E-state index contributed by atoms with van der Waals surface area (Å²) in [7, 11) is 0. The summed E-state index contributed by atoms with van der Waals surface area (Å²) in [5, 5.41) is 13.9. The molecule has 7 nitrogen and oxygen atoms in total. The Hall–Kier alpha value is -2.29. The fourth-order valence-corrected chi connectivity index (χ4v) is 5.88. The molecule has 2 saturated heterocycles. The molecule has 182 valence electrons. The molecule has 3 heterocycles. The number of carbonyl (C=O) groups is 1. The molecule has 3 aliphatic rings. The van der Waals surface area contributed by atoms with Crippen LogP contribution in [0.2, 0.25) is 5.02 Å². The van der Waals surface area contributed by atoms with Crippen molar-refractivity contribution in [1.82, 2.24) is 20.2 Å². The molecule has 1 aromatic carbocycles. The van der Waals surface area contributed by atoms with Crippen molar-refractivity contribution in [1.29, 1.82) is 0 Å². The third-order valence-electron chi connectivity index (χ3n) is 7.55. The summed E-state index contributed by atoms with van der Waals surface area (Å²) in [6, 6.07) is 5.00. The van der Waals surface area contributed by atoms with E-state index in [9.17, 15) is 14.3 Å². The summed E-state index contributed by atoms with van der Waals surface area (Å²) in [4.78, 5) is 26.7. The van der Waals surface area contributed by atoms with Gasteiger partial charge in [-0.05, 0) is 49.8 Å². The molecule has 1 amide bonds. The second-order valence-electron chi connectivity index (χ2n) is 9.86. The summed E-state index contributed by atoms with van der Waals surface area (Å²) in [6.45, 7) is 6.61. The highest BCUT2D eigenvalue weighted by Crippen LogP contribution is 2.43. The van der Waals surface area contributed by atoms with Gasteiger partial charge in [0.15, 0.2) is 0 Å². The number of aromatic nitrogens is 2. The first-order valence-corrected chi connectivity index (χ1v) is 12.5. The van der Waals surface area contributed by atoms with Gasteiger partial charge in [0.25, 0.3) is 0 Å². The second kappa shape index (κ2) is 9.40. The number of aliphatic hydroxyl groups excluding tert-OH is 1. The van der Waals surface area contributed by atoms with E-state index >= 15 is 0 Å². The number of piperazine rings is 1. The molecular formula is C25H31ClFN5O2. The van der Waals surface area contributed by atoms with E-state index in [1.165, 1.54) is 18.5 Å². The fraction of sp³-hybridized carbons (Fsp3) is 0.560. The summed E-state index contributed by atoms with van der Waals surface area (Å²) in [6.07, 6.45) is 3.49. The van der Waals surface area contributed by atoms with Gasteiger partial charge in [-0.25, -0.2) is 14.4 Å². The lowest BCUT2D eigenvalue weighted by atomic mass is 9.88. The monoisotopic (exact) mass is 487 g/mol. The zero-order chi connectivity index (χ0) is 24.0. The number of halogens is 2. The number of hydrogen-bond donors (Lipinski definition) is 2. The summed E-state index contributed by atoms with van der Waals surface area (Å²) in [5.41, 5.74) is 2.41. The topological polar surface area (TPSA) is 81.6 Å². The molecule has 1 aromatic heterocycles. The third-order valence-corrected chi connectivity index (χ3v) is 7.86. The molecule has 0 bridgehead atoms. The maximum absolute atomic E-state index is 14.3. The molecule has 1 aliphatic carbocycles. The van der Waals surface area contributed by atoms with Crippen molar-refractivity contribution in [3.05, 3.63) is 52.2 Å². The minimum absolute atomic E-state index is 0.0182. The van der Waals surface area contributed by atoms with Crippen molar-refractivity contribution in [2.24, 2.45) is 0 Å². The zero-order valence-corrected chi connectivity index (χ0v) is 20.3. The van der Waals surface area contributed by atoms with Crippen LogP contribution in [0, 0.1) is 5.82 Å². The molecule has 0 radical (unpaired) electrons. The molecule has 0 saturated carbocycles. The van der Waals surface area contributed by atoms with Gasteiger partial charge in [-0.2, -0.15) is 0 Å². The van der Waals surface area contributed by atoms with Gasteiger partial charge in [0.05, 0.1) is 22.7 Å². The number of fused-ring (bicyclic) bond motifs is 1. The molecule has 34 heavy (non-hydrogen) atoms. The minimum atomic E-state index is -0.545. The van der Waals surface area contributed by atoms with E-state index in [1.54, 1.807) is 6.07 Å². The lowest BCUT2D eigenvalue weighted by Crippen LogP contribution is -2.52. The molecule has 5 atom stereocenters. The van der Waals surface area contributed by atoms with E-state index in [0.29, 0.717) is 44.2 Å². The number of rotatable bonds is 4. The number of aliphatic hydroxyl groups is 1. The van der Waals surface area contributed by atoms with Crippen LogP contribution >= 0.6 is 11.6 Å². The maximum atomic E-state index is 14.3. The van der Waals surface area contributed by atoms with Crippen molar-refractivity contribution in [2.75, 3.05) is 31.1 Å². The number of benzene rings is 1. The van der Waals surface area contributed by atoms with Crippen LogP contribution in [0.25, 0.3) is 0 Å². The van der Waals surface area contributed by atoms with Crippen LogP contribution in [0.3, 0.4) is 0 Å². The normalized spacial score (nSPS) is 27.7. The van der Waals surface area contributed by atoms with E-state index in [-0.39, 0.29) is 22.9 Å². The van der Waals surface area contributed by atoms with E-state index in [1.807, 2.05) is 4.90 Å². The van der Waals surface area contributed by atoms with Gasteiger partial charge in [0.2, 0.25) is 5.91 Å². The second-order valence-corrected chi connectivity index (χ2v) is 10.3. The Balaban J connectivity index is 1.34. The van der Waals surface area contributed by atoms with E-state index in [2.05, 4.69) is 34.0 Å². The Labute approximate surface area is 204 Å². The number of anilines is 1. The molecule has 9 heteroatoms. The van der Waals surface area contributed by atoms with Crippen LogP contribution in [0.5, 0.6) is 0 Å². The minimum Gasteiger partial charge on any atom is -0.387 e. The van der Waals surface area contributed by atoms with Gasteiger partial charge >= 0.3 is 0 Å². The fourth-order valence-electron chi connectivity index (χ4n) is 5.77. The maximum Gasteiger partial charge on any atom is 0.231 e. The smallest absolute Gasteiger partial charge is 0.231 e. The molecule has 5 rings (SSSR count). The van der Waals surface area contributed by atoms with Gasteiger partial charge in [-0.15, -0.1) is 0 Å². The molecular weight excluding hydrogens is 457 g/mol. The van der Waals surface area contributed by atoms with Crippen LogP contribution < -0.4 is 10.2 Å². The van der Waals surface area contributed by atoms with Crippen molar-refractivity contribution >= 4 is 23.3 Å². The largest absolute Gasteiger partial charge is 0.387 e.